The number of hydrogen-bond donors (Lipinski definition) is 4. The summed E-state index contributed by atoms with van der Waals surface area (Å²) in [5.41, 5.74) is -0.905. The molecule has 40 heavy (non-hydrogen) atoms. The van der Waals surface area contributed by atoms with Crippen molar-refractivity contribution in [1.82, 2.24) is 0 Å². The van der Waals surface area contributed by atoms with Gasteiger partial charge in [0, 0.05) is 13.0 Å². The van der Waals surface area contributed by atoms with E-state index in [0.29, 0.717) is 18.8 Å². The summed E-state index contributed by atoms with van der Waals surface area (Å²) in [5, 5.41) is 44.6. The second kappa shape index (κ2) is 11.7. The van der Waals surface area contributed by atoms with Crippen LogP contribution in [0, 0.1) is 58.2 Å². The van der Waals surface area contributed by atoms with Gasteiger partial charge < -0.3 is 39.1 Å². The van der Waals surface area contributed by atoms with Crippen molar-refractivity contribution in [3.63, 3.8) is 0 Å². The molecule has 4 saturated carbocycles. The van der Waals surface area contributed by atoms with Gasteiger partial charge in [-0.2, -0.15) is 0 Å². The summed E-state index contributed by atoms with van der Waals surface area (Å²) in [6.07, 6.45) is -2.41. The minimum Gasteiger partial charge on any atom is -0.756 e. The zero-order chi connectivity index (χ0) is 28.8. The van der Waals surface area contributed by atoms with Crippen LogP contribution >= 0.6 is 7.82 Å². The van der Waals surface area contributed by atoms with Gasteiger partial charge in [0.05, 0.1) is 42.7 Å². The van der Waals surface area contributed by atoms with Gasteiger partial charge in [-0.25, -0.2) is 0 Å². The molecule has 1 saturated heterocycles. The van der Waals surface area contributed by atoms with Gasteiger partial charge in [-0.15, -0.1) is 0 Å². The summed E-state index contributed by atoms with van der Waals surface area (Å²) in [4.78, 5) is 12.8. The van der Waals surface area contributed by atoms with Crippen LogP contribution < -0.4 is 34.5 Å². The molecule has 1 aliphatic heterocycles. The van der Waals surface area contributed by atoms with E-state index in [4.69, 9.17) is 13.8 Å². The predicted molar refractivity (Wildman–Crippen MR) is 142 cm³/mol. The first-order valence-electron chi connectivity index (χ1n) is 15.0. The van der Waals surface area contributed by atoms with Crippen LogP contribution in [0.1, 0.15) is 73.6 Å². The maximum atomic E-state index is 12.8. The van der Waals surface area contributed by atoms with Gasteiger partial charge >= 0.3 is 29.6 Å². The Balaban J connectivity index is 0.00000370. The SMILES string of the molecule is COP(=O)([O-])O[C@@H]1[C@H]2O[C@@H]([C@@H](C)C(C)C)C[C@@H](C)[C@@H]2[C@@]2(C)CC[C@H]3[C@@H]([C@@H](O)[C@@H](O)[C@H]4[C@@H](O)[C@H](O)CC[C@@]43C)[C@H]12.[Na+]. The third-order valence-electron chi connectivity index (χ3n) is 12.6. The van der Waals surface area contributed by atoms with E-state index in [2.05, 4.69) is 41.5 Å². The Labute approximate surface area is 261 Å². The van der Waals surface area contributed by atoms with Crippen molar-refractivity contribution in [2.45, 2.75) is 116 Å². The smallest absolute Gasteiger partial charge is 0.756 e. The first-order chi connectivity index (χ1) is 18.1. The Kier molecular flexibility index (Phi) is 9.87. The first kappa shape index (κ1) is 33.8. The monoisotopic (exact) mass is 596 g/mol. The molecule has 0 bridgehead atoms. The first-order valence-corrected chi connectivity index (χ1v) is 16.5. The Bertz CT molecular complexity index is 970. The van der Waals surface area contributed by atoms with Crippen molar-refractivity contribution in [3.8, 4) is 0 Å². The molecule has 5 fully saturated rings. The van der Waals surface area contributed by atoms with E-state index < -0.39 is 67.6 Å². The fourth-order valence-electron chi connectivity index (χ4n) is 10.4. The Morgan fingerprint density at radius 1 is 0.950 bits per heavy atom. The van der Waals surface area contributed by atoms with E-state index in [1.807, 2.05) is 0 Å². The molecule has 1 heterocycles. The van der Waals surface area contributed by atoms with Gasteiger partial charge in [-0.3, -0.25) is 4.57 Å². The number of aliphatic hydroxyl groups is 4. The second-order valence-electron chi connectivity index (χ2n) is 14.5. The summed E-state index contributed by atoms with van der Waals surface area (Å²) < 4.78 is 30.4. The molecule has 17 atom stereocenters. The Morgan fingerprint density at radius 2 is 1.57 bits per heavy atom. The molecule has 4 aliphatic carbocycles. The minimum atomic E-state index is -4.66. The molecule has 0 spiro atoms. The van der Waals surface area contributed by atoms with Crippen LogP contribution in [0.5, 0.6) is 0 Å². The van der Waals surface area contributed by atoms with Crippen molar-refractivity contribution < 1.29 is 73.2 Å². The fraction of sp³-hybridized carbons (Fsp3) is 1.00. The topological polar surface area (TPSA) is 149 Å². The number of fused-ring (bicyclic) bond motifs is 7. The molecule has 4 N–H and O–H groups in total. The average Bonchev–Trinajstić information content (AvgIpc) is 3.12. The minimum absolute atomic E-state index is 0. The maximum absolute atomic E-state index is 12.8. The van der Waals surface area contributed by atoms with Crippen LogP contribution in [-0.2, 0) is 18.3 Å². The molecular weight excluding hydrogens is 546 g/mol. The zero-order valence-electron chi connectivity index (χ0n) is 25.5. The molecular formula is C29H50NaO9P. The molecule has 0 radical (unpaired) electrons. The van der Waals surface area contributed by atoms with Crippen molar-refractivity contribution in [1.29, 1.82) is 0 Å². The van der Waals surface area contributed by atoms with E-state index in [0.717, 1.165) is 26.4 Å². The molecule has 5 rings (SSSR count). The van der Waals surface area contributed by atoms with E-state index in [1.165, 1.54) is 0 Å². The van der Waals surface area contributed by atoms with E-state index >= 15 is 0 Å². The summed E-state index contributed by atoms with van der Waals surface area (Å²) in [6.45, 7) is 13.0. The van der Waals surface area contributed by atoms with Gasteiger partial charge in [0.25, 0.3) is 7.82 Å². The number of ether oxygens (including phenoxy) is 1. The number of phosphoric acid groups is 1. The van der Waals surface area contributed by atoms with Crippen molar-refractivity contribution in [2.75, 3.05) is 7.11 Å². The summed E-state index contributed by atoms with van der Waals surface area (Å²) in [7, 11) is -3.56. The van der Waals surface area contributed by atoms with Crippen molar-refractivity contribution >= 4 is 7.82 Å². The van der Waals surface area contributed by atoms with E-state index in [-0.39, 0.29) is 64.7 Å². The summed E-state index contributed by atoms with van der Waals surface area (Å²) in [5.74, 6) is -0.654. The predicted octanol–water partition coefficient (Wildman–Crippen LogP) is -0.272. The van der Waals surface area contributed by atoms with Crippen LogP contribution in [0.3, 0.4) is 0 Å². The second-order valence-corrected chi connectivity index (χ2v) is 16.0. The fourth-order valence-corrected chi connectivity index (χ4v) is 11.0. The Hall–Kier alpha value is 0.910. The number of hydrogen-bond acceptors (Lipinski definition) is 9. The van der Waals surface area contributed by atoms with Crippen LogP contribution in [-0.4, -0.2) is 70.3 Å². The van der Waals surface area contributed by atoms with Crippen LogP contribution in [0.4, 0.5) is 0 Å². The zero-order valence-corrected chi connectivity index (χ0v) is 28.4. The van der Waals surface area contributed by atoms with E-state index in [9.17, 15) is 29.9 Å². The normalized spacial score (nSPS) is 54.3. The van der Waals surface area contributed by atoms with Crippen LogP contribution in [0.15, 0.2) is 0 Å². The maximum Gasteiger partial charge on any atom is 1.00 e. The van der Waals surface area contributed by atoms with Gasteiger partial charge in [0.15, 0.2) is 0 Å². The number of rotatable bonds is 5. The molecule has 11 heteroatoms. The van der Waals surface area contributed by atoms with E-state index in [1.54, 1.807) is 0 Å². The third-order valence-corrected chi connectivity index (χ3v) is 13.5. The molecule has 0 aromatic rings. The standard InChI is InChI=1S/C29H51O9P.Na/c1-13(2)15(4)18-12-14(3)20-26(37-18)27(38-39(34,35)36-7)21-19-16(8-10-29(20,21)6)28(5)11-9-17(30)23(31)22(28)25(33)24(19)32;/h13-27,30-33H,8-12H2,1-7H3,(H,34,35);/q;+1/p-1/t14-,15+,16+,17-,18-,19-,20+,21-,22-,23+,24-,25+,26+,27+,28-,29-;/m1./s1. The van der Waals surface area contributed by atoms with Crippen molar-refractivity contribution in [2.24, 2.45) is 58.2 Å². The van der Waals surface area contributed by atoms with Crippen LogP contribution in [0.2, 0.25) is 0 Å². The van der Waals surface area contributed by atoms with Gasteiger partial charge in [-0.05, 0) is 84.4 Å². The molecule has 0 aromatic heterocycles. The molecule has 5 aliphatic rings. The summed E-state index contributed by atoms with van der Waals surface area (Å²) >= 11 is 0. The number of aliphatic hydroxyl groups excluding tert-OH is 4. The molecule has 0 amide bonds. The Morgan fingerprint density at radius 3 is 2.17 bits per heavy atom. The van der Waals surface area contributed by atoms with Gasteiger partial charge in [-0.1, -0.05) is 41.5 Å². The summed E-state index contributed by atoms with van der Waals surface area (Å²) in [6, 6.07) is 0. The number of phosphoric ester groups is 1. The molecule has 226 valence electrons. The molecule has 1 unspecified atom stereocenters. The molecule has 9 nitrogen and oxygen atoms in total. The molecule has 0 aromatic carbocycles. The third kappa shape index (κ3) is 5.08. The van der Waals surface area contributed by atoms with Crippen molar-refractivity contribution in [3.05, 3.63) is 0 Å². The van der Waals surface area contributed by atoms with Gasteiger partial charge in [0.2, 0.25) is 0 Å². The van der Waals surface area contributed by atoms with Crippen LogP contribution in [0.25, 0.3) is 0 Å². The quantitative estimate of drug-likeness (QED) is 0.249. The largest absolute Gasteiger partial charge is 1.00 e. The van der Waals surface area contributed by atoms with Gasteiger partial charge in [0.1, 0.15) is 0 Å². The average molecular weight is 597 g/mol.